The number of anilines is 1. The van der Waals surface area contributed by atoms with Gasteiger partial charge in [-0.15, -0.1) is 0 Å². The first-order valence-corrected chi connectivity index (χ1v) is 7.88. The minimum Gasteiger partial charge on any atom is -0.373 e. The van der Waals surface area contributed by atoms with E-state index in [0.717, 1.165) is 18.5 Å². The smallest absolute Gasteiger partial charge is 0.230 e. The van der Waals surface area contributed by atoms with Gasteiger partial charge in [-0.1, -0.05) is 18.2 Å². The molecule has 2 fully saturated rings. The zero-order valence-corrected chi connectivity index (χ0v) is 12.9. The van der Waals surface area contributed by atoms with Crippen LogP contribution < -0.4 is 4.90 Å². The topological polar surface area (TPSA) is 49.9 Å². The number of morpholine rings is 1. The second kappa shape index (κ2) is 6.48. The summed E-state index contributed by atoms with van der Waals surface area (Å²) in [5.41, 5.74) is 0.906. The van der Waals surface area contributed by atoms with Crippen LogP contribution in [-0.4, -0.2) is 49.1 Å². The summed E-state index contributed by atoms with van der Waals surface area (Å²) >= 11 is 0. The van der Waals surface area contributed by atoms with E-state index in [-0.39, 0.29) is 23.8 Å². The van der Waals surface area contributed by atoms with Gasteiger partial charge in [-0.05, 0) is 25.0 Å². The third kappa shape index (κ3) is 3.47. The molecule has 0 radical (unpaired) electrons. The Morgan fingerprint density at radius 1 is 1.27 bits per heavy atom. The van der Waals surface area contributed by atoms with E-state index in [2.05, 4.69) is 0 Å². The highest BCUT2D eigenvalue weighted by Gasteiger charge is 2.35. The molecule has 5 heteroatoms. The van der Waals surface area contributed by atoms with Crippen molar-refractivity contribution in [2.45, 2.75) is 25.9 Å². The molecule has 1 aromatic rings. The fourth-order valence-electron chi connectivity index (χ4n) is 2.80. The average molecular weight is 302 g/mol. The molecule has 118 valence electrons. The first-order chi connectivity index (χ1) is 10.6. The van der Waals surface area contributed by atoms with E-state index >= 15 is 0 Å². The Bertz CT molecular complexity index is 542. The van der Waals surface area contributed by atoms with Crippen LogP contribution in [0, 0.1) is 5.92 Å². The Hall–Kier alpha value is -1.88. The van der Waals surface area contributed by atoms with E-state index in [4.69, 9.17) is 4.74 Å². The highest BCUT2D eigenvalue weighted by molar-refractivity contribution is 5.96. The van der Waals surface area contributed by atoms with Crippen molar-refractivity contribution in [3.05, 3.63) is 30.3 Å². The van der Waals surface area contributed by atoms with Crippen LogP contribution in [-0.2, 0) is 14.3 Å². The summed E-state index contributed by atoms with van der Waals surface area (Å²) in [7, 11) is 0. The zero-order valence-electron chi connectivity index (χ0n) is 12.9. The Balaban J connectivity index is 1.72. The summed E-state index contributed by atoms with van der Waals surface area (Å²) in [6, 6.07) is 9.72. The number of benzene rings is 1. The van der Waals surface area contributed by atoms with Gasteiger partial charge in [-0.3, -0.25) is 9.59 Å². The average Bonchev–Trinajstić information content (AvgIpc) is 3.38. The number of amides is 2. The van der Waals surface area contributed by atoms with Crippen molar-refractivity contribution in [1.82, 2.24) is 4.90 Å². The van der Waals surface area contributed by atoms with Crippen LogP contribution in [0.4, 0.5) is 5.69 Å². The molecule has 1 unspecified atom stereocenters. The SMILES string of the molecule is CC(=O)N1CCOC(CN(C(=O)C2CC2)c2ccccc2)C1. The Labute approximate surface area is 130 Å². The molecule has 1 atom stereocenters. The van der Waals surface area contributed by atoms with Gasteiger partial charge < -0.3 is 14.5 Å². The van der Waals surface area contributed by atoms with E-state index in [1.54, 1.807) is 11.8 Å². The molecule has 0 spiro atoms. The number of para-hydroxylation sites is 1. The fourth-order valence-corrected chi connectivity index (χ4v) is 2.80. The summed E-state index contributed by atoms with van der Waals surface area (Å²) < 4.78 is 5.77. The molecule has 2 amide bonds. The van der Waals surface area contributed by atoms with Gasteiger partial charge in [-0.2, -0.15) is 0 Å². The maximum Gasteiger partial charge on any atom is 0.230 e. The van der Waals surface area contributed by atoms with Crippen molar-refractivity contribution in [2.75, 3.05) is 31.1 Å². The normalized spacial score (nSPS) is 21.5. The Morgan fingerprint density at radius 2 is 2.00 bits per heavy atom. The van der Waals surface area contributed by atoms with Crippen molar-refractivity contribution >= 4 is 17.5 Å². The zero-order chi connectivity index (χ0) is 15.5. The van der Waals surface area contributed by atoms with Crippen LogP contribution in [0.3, 0.4) is 0 Å². The van der Waals surface area contributed by atoms with Crippen LogP contribution in [0.2, 0.25) is 0 Å². The second-order valence-electron chi connectivity index (χ2n) is 6.02. The Kier molecular flexibility index (Phi) is 4.43. The number of nitrogens with zero attached hydrogens (tertiary/aromatic N) is 2. The summed E-state index contributed by atoms with van der Waals surface area (Å²) in [4.78, 5) is 27.7. The number of hydrogen-bond donors (Lipinski definition) is 0. The summed E-state index contributed by atoms with van der Waals surface area (Å²) in [5.74, 6) is 0.399. The lowest BCUT2D eigenvalue weighted by Gasteiger charge is -2.35. The lowest BCUT2D eigenvalue weighted by atomic mass is 10.2. The van der Waals surface area contributed by atoms with Gasteiger partial charge in [0.05, 0.1) is 19.3 Å². The van der Waals surface area contributed by atoms with Crippen molar-refractivity contribution in [3.8, 4) is 0 Å². The molecular weight excluding hydrogens is 280 g/mol. The highest BCUT2D eigenvalue weighted by Crippen LogP contribution is 2.33. The quantitative estimate of drug-likeness (QED) is 0.850. The van der Waals surface area contributed by atoms with Crippen LogP contribution in [0.1, 0.15) is 19.8 Å². The Morgan fingerprint density at radius 3 is 2.64 bits per heavy atom. The molecule has 0 bridgehead atoms. The first kappa shape index (κ1) is 15.0. The van der Waals surface area contributed by atoms with E-state index in [9.17, 15) is 9.59 Å². The molecule has 0 N–H and O–H groups in total. The number of carbonyl (C=O) groups excluding carboxylic acids is 2. The maximum atomic E-state index is 12.6. The van der Waals surface area contributed by atoms with Crippen LogP contribution >= 0.6 is 0 Å². The minimum absolute atomic E-state index is 0.0630. The monoisotopic (exact) mass is 302 g/mol. The van der Waals surface area contributed by atoms with Crippen molar-refractivity contribution < 1.29 is 14.3 Å². The third-order valence-corrected chi connectivity index (χ3v) is 4.23. The minimum atomic E-state index is -0.124. The lowest BCUT2D eigenvalue weighted by molar-refractivity contribution is -0.136. The number of hydrogen-bond acceptors (Lipinski definition) is 3. The van der Waals surface area contributed by atoms with E-state index < -0.39 is 0 Å². The van der Waals surface area contributed by atoms with E-state index in [1.165, 1.54) is 0 Å². The molecule has 22 heavy (non-hydrogen) atoms. The molecule has 1 aliphatic carbocycles. The van der Waals surface area contributed by atoms with Gasteiger partial charge in [0, 0.05) is 31.6 Å². The predicted octanol–water partition coefficient (Wildman–Crippen LogP) is 1.68. The van der Waals surface area contributed by atoms with Crippen LogP contribution in [0.5, 0.6) is 0 Å². The highest BCUT2D eigenvalue weighted by atomic mass is 16.5. The van der Waals surface area contributed by atoms with Gasteiger partial charge in [0.25, 0.3) is 0 Å². The largest absolute Gasteiger partial charge is 0.373 e. The van der Waals surface area contributed by atoms with Gasteiger partial charge in [0.1, 0.15) is 0 Å². The fraction of sp³-hybridized carbons (Fsp3) is 0.529. The summed E-state index contributed by atoms with van der Waals surface area (Å²) in [6.45, 7) is 3.80. The third-order valence-electron chi connectivity index (χ3n) is 4.23. The molecule has 3 rings (SSSR count). The maximum absolute atomic E-state index is 12.6. The molecule has 1 aromatic carbocycles. The standard InChI is InChI=1S/C17H22N2O3/c1-13(20)18-9-10-22-16(11-18)12-19(17(21)14-7-8-14)15-5-3-2-4-6-15/h2-6,14,16H,7-12H2,1H3. The van der Waals surface area contributed by atoms with Crippen LogP contribution in [0.15, 0.2) is 30.3 Å². The molecule has 1 heterocycles. The van der Waals surface area contributed by atoms with Gasteiger partial charge in [-0.25, -0.2) is 0 Å². The summed E-state index contributed by atoms with van der Waals surface area (Å²) in [6.07, 6.45) is 1.83. The molecule has 2 aliphatic rings. The van der Waals surface area contributed by atoms with Gasteiger partial charge in [0.2, 0.25) is 11.8 Å². The molecular formula is C17H22N2O3. The predicted molar refractivity (Wildman–Crippen MR) is 83.5 cm³/mol. The van der Waals surface area contributed by atoms with Crippen molar-refractivity contribution in [2.24, 2.45) is 5.92 Å². The summed E-state index contributed by atoms with van der Waals surface area (Å²) in [5, 5.41) is 0. The van der Waals surface area contributed by atoms with Gasteiger partial charge in [0.15, 0.2) is 0 Å². The first-order valence-electron chi connectivity index (χ1n) is 7.88. The van der Waals surface area contributed by atoms with E-state index in [0.29, 0.717) is 26.2 Å². The van der Waals surface area contributed by atoms with Gasteiger partial charge >= 0.3 is 0 Å². The van der Waals surface area contributed by atoms with Crippen molar-refractivity contribution in [1.29, 1.82) is 0 Å². The van der Waals surface area contributed by atoms with E-state index in [1.807, 2.05) is 35.2 Å². The molecule has 5 nitrogen and oxygen atoms in total. The number of ether oxygens (including phenoxy) is 1. The molecule has 1 saturated carbocycles. The molecule has 1 aliphatic heterocycles. The lowest BCUT2D eigenvalue weighted by Crippen LogP contribution is -2.50. The number of rotatable bonds is 4. The number of carbonyl (C=O) groups is 2. The van der Waals surface area contributed by atoms with Crippen molar-refractivity contribution in [3.63, 3.8) is 0 Å². The molecule has 0 aromatic heterocycles. The molecule has 1 saturated heterocycles. The second-order valence-corrected chi connectivity index (χ2v) is 6.02. The van der Waals surface area contributed by atoms with Crippen LogP contribution in [0.25, 0.3) is 0 Å².